The zero-order valence-corrected chi connectivity index (χ0v) is 14.7. The molecule has 8 heteroatoms. The first-order valence-electron chi connectivity index (χ1n) is 5.94. The molecule has 0 aromatic carbocycles. The minimum absolute atomic E-state index is 0. The topological polar surface area (TPSA) is 63.4 Å². The summed E-state index contributed by atoms with van der Waals surface area (Å²) in [5, 5.41) is 0. The molecule has 0 saturated carbocycles. The molecular formula is C11H18BrClN2O2S2. The van der Waals surface area contributed by atoms with Gasteiger partial charge in [0.2, 0.25) is 10.0 Å². The molecule has 1 saturated heterocycles. The van der Waals surface area contributed by atoms with E-state index in [1.165, 1.54) is 11.3 Å². The minimum atomic E-state index is -3.40. The van der Waals surface area contributed by atoms with Crippen LogP contribution in [0.5, 0.6) is 0 Å². The molecule has 0 spiro atoms. The van der Waals surface area contributed by atoms with Gasteiger partial charge in [-0.05, 0) is 41.8 Å². The fourth-order valence-corrected chi connectivity index (χ4v) is 6.43. The molecule has 2 rings (SSSR count). The second-order valence-electron chi connectivity index (χ2n) is 4.47. The third-order valence-corrected chi connectivity index (χ3v) is 7.03. The zero-order chi connectivity index (χ0) is 13.3. The fraction of sp³-hybridized carbons (Fsp3) is 0.636. The number of thiophene rings is 1. The zero-order valence-electron chi connectivity index (χ0n) is 10.6. The van der Waals surface area contributed by atoms with E-state index >= 15 is 0 Å². The van der Waals surface area contributed by atoms with Gasteiger partial charge in [0.05, 0.1) is 8.68 Å². The van der Waals surface area contributed by atoms with Crippen LogP contribution in [0.2, 0.25) is 0 Å². The highest BCUT2D eigenvalue weighted by molar-refractivity contribution is 9.11. The van der Waals surface area contributed by atoms with Crippen molar-refractivity contribution in [2.75, 3.05) is 13.1 Å². The largest absolute Gasteiger partial charge is 0.329 e. The van der Waals surface area contributed by atoms with Gasteiger partial charge in [0, 0.05) is 24.0 Å². The minimum Gasteiger partial charge on any atom is -0.329 e. The van der Waals surface area contributed by atoms with Crippen LogP contribution in [0.15, 0.2) is 14.7 Å². The molecule has 1 aliphatic heterocycles. The van der Waals surface area contributed by atoms with Gasteiger partial charge < -0.3 is 5.73 Å². The van der Waals surface area contributed by atoms with E-state index in [-0.39, 0.29) is 18.4 Å². The normalized spacial score (nSPS) is 21.1. The van der Waals surface area contributed by atoms with Crippen molar-refractivity contribution in [3.63, 3.8) is 0 Å². The molecule has 4 nitrogen and oxygen atoms in total. The molecule has 1 unspecified atom stereocenters. The van der Waals surface area contributed by atoms with Crippen LogP contribution in [0, 0.1) is 6.92 Å². The summed E-state index contributed by atoms with van der Waals surface area (Å²) in [7, 11) is -3.40. The van der Waals surface area contributed by atoms with Crippen LogP contribution >= 0.6 is 39.7 Å². The van der Waals surface area contributed by atoms with E-state index in [1.807, 2.05) is 6.92 Å². The van der Waals surface area contributed by atoms with E-state index < -0.39 is 10.0 Å². The molecule has 1 aromatic heterocycles. The molecule has 1 atom stereocenters. The third-order valence-electron chi connectivity index (χ3n) is 3.27. The van der Waals surface area contributed by atoms with Crippen molar-refractivity contribution in [2.45, 2.75) is 37.1 Å². The number of halogens is 2. The summed E-state index contributed by atoms with van der Waals surface area (Å²) in [5.41, 5.74) is 5.70. The molecular weight excluding hydrogens is 372 g/mol. The van der Waals surface area contributed by atoms with E-state index in [0.29, 0.717) is 18.0 Å². The molecule has 110 valence electrons. The molecule has 2 heterocycles. The smallest absolute Gasteiger partial charge is 0.244 e. The number of sulfonamides is 1. The molecule has 19 heavy (non-hydrogen) atoms. The number of hydrogen-bond acceptors (Lipinski definition) is 4. The van der Waals surface area contributed by atoms with Crippen LogP contribution in [0.1, 0.15) is 24.1 Å². The van der Waals surface area contributed by atoms with Crippen molar-refractivity contribution < 1.29 is 8.42 Å². The number of piperidine rings is 1. The number of hydrogen-bond donors (Lipinski definition) is 1. The summed E-state index contributed by atoms with van der Waals surface area (Å²) in [6, 6.07) is 1.64. The van der Waals surface area contributed by atoms with Gasteiger partial charge >= 0.3 is 0 Å². The van der Waals surface area contributed by atoms with E-state index in [9.17, 15) is 8.42 Å². The second kappa shape index (κ2) is 6.87. The molecule has 1 aromatic rings. The third kappa shape index (κ3) is 3.51. The summed E-state index contributed by atoms with van der Waals surface area (Å²) in [4.78, 5) is 1.24. The molecule has 1 fully saturated rings. The molecule has 0 radical (unpaired) electrons. The highest BCUT2D eigenvalue weighted by atomic mass is 79.9. The Morgan fingerprint density at radius 3 is 2.74 bits per heavy atom. The van der Waals surface area contributed by atoms with Crippen LogP contribution in [0.3, 0.4) is 0 Å². The summed E-state index contributed by atoms with van der Waals surface area (Å²) < 4.78 is 27.7. The van der Waals surface area contributed by atoms with Crippen molar-refractivity contribution >= 4 is 49.7 Å². The van der Waals surface area contributed by atoms with Gasteiger partial charge in [0.1, 0.15) is 0 Å². The van der Waals surface area contributed by atoms with Crippen molar-refractivity contribution in [2.24, 2.45) is 5.73 Å². The lowest BCUT2D eigenvalue weighted by molar-refractivity contribution is 0.257. The Morgan fingerprint density at radius 2 is 2.21 bits per heavy atom. The molecule has 0 amide bonds. The lowest BCUT2D eigenvalue weighted by Gasteiger charge is -2.33. The molecule has 1 aliphatic rings. The van der Waals surface area contributed by atoms with Crippen molar-refractivity contribution in [1.82, 2.24) is 4.31 Å². The van der Waals surface area contributed by atoms with E-state index in [4.69, 9.17) is 5.73 Å². The molecule has 0 bridgehead atoms. The Bertz CT molecular complexity index is 533. The lowest BCUT2D eigenvalue weighted by atomic mass is 10.1. The van der Waals surface area contributed by atoms with Crippen LogP contribution in [-0.4, -0.2) is 31.9 Å². The first-order valence-corrected chi connectivity index (χ1v) is 8.99. The van der Waals surface area contributed by atoms with Gasteiger partial charge in [0.15, 0.2) is 0 Å². The predicted octanol–water partition coefficient (Wildman–Crippen LogP) is 2.74. The monoisotopic (exact) mass is 388 g/mol. The second-order valence-corrected chi connectivity index (χ2v) is 8.97. The average molecular weight is 390 g/mol. The Labute approximate surface area is 133 Å². The maximum atomic E-state index is 12.6. The van der Waals surface area contributed by atoms with Crippen molar-refractivity contribution in [3.05, 3.63) is 14.7 Å². The standard InChI is InChI=1S/C11H17BrN2O2S2.ClH/c1-8-10(6-11(12)17-8)18(15,16)14-5-3-2-4-9(14)7-13;/h6,9H,2-5,7,13H2,1H3;1H. The van der Waals surface area contributed by atoms with Crippen LogP contribution in [0.4, 0.5) is 0 Å². The number of nitrogens with two attached hydrogens (primary N) is 1. The SMILES string of the molecule is Cc1sc(Br)cc1S(=O)(=O)N1CCCCC1CN.Cl. The van der Waals surface area contributed by atoms with Crippen molar-refractivity contribution in [1.29, 1.82) is 0 Å². The highest BCUT2D eigenvalue weighted by Gasteiger charge is 2.34. The summed E-state index contributed by atoms with van der Waals surface area (Å²) in [6.07, 6.45) is 2.83. The predicted molar refractivity (Wildman–Crippen MR) is 84.6 cm³/mol. The maximum Gasteiger partial charge on any atom is 0.244 e. The van der Waals surface area contributed by atoms with Crippen LogP contribution in [0.25, 0.3) is 0 Å². The Hall–Kier alpha value is 0.340. The lowest BCUT2D eigenvalue weighted by Crippen LogP contribution is -2.47. The van der Waals surface area contributed by atoms with Crippen molar-refractivity contribution in [3.8, 4) is 0 Å². The summed E-state index contributed by atoms with van der Waals surface area (Å²) in [5.74, 6) is 0. The number of nitrogens with zero attached hydrogens (tertiary/aromatic N) is 1. The summed E-state index contributed by atoms with van der Waals surface area (Å²) >= 11 is 4.79. The van der Waals surface area contributed by atoms with Crippen LogP contribution < -0.4 is 5.73 Å². The van der Waals surface area contributed by atoms with Crippen LogP contribution in [-0.2, 0) is 10.0 Å². The Morgan fingerprint density at radius 1 is 1.53 bits per heavy atom. The number of rotatable bonds is 3. The van der Waals surface area contributed by atoms with Gasteiger partial charge in [0.25, 0.3) is 0 Å². The first-order chi connectivity index (χ1) is 8.46. The Kier molecular flexibility index (Phi) is 6.28. The summed E-state index contributed by atoms with van der Waals surface area (Å²) in [6.45, 7) is 2.81. The van der Waals surface area contributed by atoms with Gasteiger partial charge in [-0.2, -0.15) is 4.31 Å². The van der Waals surface area contributed by atoms with E-state index in [0.717, 1.165) is 27.9 Å². The quantitative estimate of drug-likeness (QED) is 0.864. The first kappa shape index (κ1) is 17.4. The molecule has 0 aliphatic carbocycles. The van der Waals surface area contributed by atoms with Gasteiger partial charge in [-0.15, -0.1) is 23.7 Å². The average Bonchev–Trinajstić information content (AvgIpc) is 2.69. The van der Waals surface area contributed by atoms with E-state index in [1.54, 1.807) is 10.4 Å². The van der Waals surface area contributed by atoms with E-state index in [2.05, 4.69) is 15.9 Å². The van der Waals surface area contributed by atoms with Gasteiger partial charge in [-0.3, -0.25) is 0 Å². The van der Waals surface area contributed by atoms with Gasteiger partial charge in [-0.1, -0.05) is 6.42 Å². The molecule has 2 N–H and O–H groups in total. The number of aryl methyl sites for hydroxylation is 1. The fourth-order valence-electron chi connectivity index (χ4n) is 2.34. The maximum absolute atomic E-state index is 12.6. The van der Waals surface area contributed by atoms with Gasteiger partial charge in [-0.25, -0.2) is 8.42 Å². The Balaban J connectivity index is 0.00000180. The highest BCUT2D eigenvalue weighted by Crippen LogP contribution is 2.33.